The molecule has 1 rings (SSSR count). The van der Waals surface area contributed by atoms with Crippen molar-refractivity contribution in [1.82, 2.24) is 4.98 Å². The summed E-state index contributed by atoms with van der Waals surface area (Å²) in [6, 6.07) is 3.20. The standard InChI is InChI=1S/C9H14NO4P/c1-7(2)5-8-3-4-9(6-10-8)14-15(11,12)13/h3-4,6-7H,5H2,1-2H3,(H2,11,12,13). The highest BCUT2D eigenvalue weighted by Crippen LogP contribution is 2.36. The van der Waals surface area contributed by atoms with Crippen molar-refractivity contribution in [3.63, 3.8) is 0 Å². The van der Waals surface area contributed by atoms with Crippen molar-refractivity contribution in [2.45, 2.75) is 20.3 Å². The van der Waals surface area contributed by atoms with E-state index in [4.69, 9.17) is 9.79 Å². The van der Waals surface area contributed by atoms with Crippen LogP contribution in [0.5, 0.6) is 5.75 Å². The van der Waals surface area contributed by atoms with Gasteiger partial charge in [-0.25, -0.2) is 4.57 Å². The topological polar surface area (TPSA) is 79.7 Å². The lowest BCUT2D eigenvalue weighted by Crippen LogP contribution is -1.97. The normalized spacial score (nSPS) is 11.8. The van der Waals surface area contributed by atoms with Crippen molar-refractivity contribution in [2.24, 2.45) is 5.92 Å². The second-order valence-electron chi connectivity index (χ2n) is 3.67. The van der Waals surface area contributed by atoms with E-state index in [-0.39, 0.29) is 5.75 Å². The van der Waals surface area contributed by atoms with Crippen LogP contribution >= 0.6 is 7.82 Å². The van der Waals surface area contributed by atoms with E-state index in [0.717, 1.165) is 12.1 Å². The minimum absolute atomic E-state index is 0.0795. The zero-order chi connectivity index (χ0) is 11.5. The van der Waals surface area contributed by atoms with E-state index in [2.05, 4.69) is 23.4 Å². The maximum absolute atomic E-state index is 10.5. The zero-order valence-corrected chi connectivity index (χ0v) is 9.52. The van der Waals surface area contributed by atoms with E-state index in [1.165, 1.54) is 12.3 Å². The molecule has 5 nitrogen and oxygen atoms in total. The average molecular weight is 231 g/mol. The first-order chi connectivity index (χ1) is 6.87. The van der Waals surface area contributed by atoms with Crippen molar-refractivity contribution < 1.29 is 18.9 Å². The molecular formula is C9H14NO4P. The van der Waals surface area contributed by atoms with E-state index in [9.17, 15) is 4.57 Å². The summed E-state index contributed by atoms with van der Waals surface area (Å²) in [6.45, 7) is 4.14. The molecule has 0 bridgehead atoms. The minimum atomic E-state index is -4.47. The third-order valence-electron chi connectivity index (χ3n) is 1.64. The van der Waals surface area contributed by atoms with Gasteiger partial charge in [0.2, 0.25) is 0 Å². The molecule has 0 aliphatic rings. The van der Waals surface area contributed by atoms with Gasteiger partial charge >= 0.3 is 7.82 Å². The Kier molecular flexibility index (Phi) is 3.85. The quantitative estimate of drug-likeness (QED) is 0.771. The Morgan fingerprint density at radius 2 is 2.13 bits per heavy atom. The highest BCUT2D eigenvalue weighted by molar-refractivity contribution is 7.46. The third-order valence-corrected chi connectivity index (χ3v) is 2.09. The molecule has 1 aromatic heterocycles. The fourth-order valence-electron chi connectivity index (χ4n) is 1.14. The van der Waals surface area contributed by atoms with Gasteiger partial charge in [0.15, 0.2) is 0 Å². The number of aromatic nitrogens is 1. The van der Waals surface area contributed by atoms with Gasteiger partial charge in [-0.15, -0.1) is 0 Å². The van der Waals surface area contributed by atoms with Crippen molar-refractivity contribution in [1.29, 1.82) is 0 Å². The van der Waals surface area contributed by atoms with Gasteiger partial charge in [-0.3, -0.25) is 14.8 Å². The molecular weight excluding hydrogens is 217 g/mol. The molecule has 0 aliphatic heterocycles. The van der Waals surface area contributed by atoms with Crippen LogP contribution in [0.15, 0.2) is 18.3 Å². The summed E-state index contributed by atoms with van der Waals surface area (Å²) in [6.07, 6.45) is 2.15. The number of hydrogen-bond acceptors (Lipinski definition) is 3. The summed E-state index contributed by atoms with van der Waals surface area (Å²) in [4.78, 5) is 21.1. The SMILES string of the molecule is CC(C)Cc1ccc(OP(=O)(O)O)cn1. The minimum Gasteiger partial charge on any atom is -0.403 e. The predicted octanol–water partition coefficient (Wildman–Crippen LogP) is 1.75. The second-order valence-corrected chi connectivity index (χ2v) is 4.83. The van der Waals surface area contributed by atoms with Gasteiger partial charge < -0.3 is 4.52 Å². The van der Waals surface area contributed by atoms with Crippen LogP contribution in [0, 0.1) is 5.92 Å². The van der Waals surface area contributed by atoms with Crippen LogP contribution in [0.4, 0.5) is 0 Å². The number of phosphoric acid groups is 1. The lowest BCUT2D eigenvalue weighted by molar-refractivity contribution is 0.283. The molecule has 0 fully saturated rings. The molecule has 0 amide bonds. The van der Waals surface area contributed by atoms with Gasteiger partial charge in [0, 0.05) is 5.69 Å². The predicted molar refractivity (Wildman–Crippen MR) is 55.5 cm³/mol. The summed E-state index contributed by atoms with van der Waals surface area (Å²) in [7, 11) is -4.47. The first-order valence-electron chi connectivity index (χ1n) is 4.57. The molecule has 0 atom stereocenters. The Morgan fingerprint density at radius 3 is 2.53 bits per heavy atom. The van der Waals surface area contributed by atoms with E-state index < -0.39 is 7.82 Å². The molecule has 84 valence electrons. The lowest BCUT2D eigenvalue weighted by atomic mass is 10.1. The highest BCUT2D eigenvalue weighted by Gasteiger charge is 2.15. The van der Waals surface area contributed by atoms with Crippen molar-refractivity contribution >= 4 is 7.82 Å². The summed E-state index contributed by atoms with van der Waals surface area (Å²) in [5.74, 6) is 0.571. The van der Waals surface area contributed by atoms with Crippen LogP contribution in [0.25, 0.3) is 0 Å². The molecule has 0 aromatic carbocycles. The second kappa shape index (κ2) is 4.75. The Hall–Kier alpha value is -0.900. The molecule has 0 saturated heterocycles. The maximum atomic E-state index is 10.5. The van der Waals surface area contributed by atoms with Gasteiger partial charge in [-0.05, 0) is 24.5 Å². The number of nitrogens with zero attached hydrogens (tertiary/aromatic N) is 1. The number of pyridine rings is 1. The zero-order valence-electron chi connectivity index (χ0n) is 8.62. The van der Waals surface area contributed by atoms with E-state index >= 15 is 0 Å². The summed E-state index contributed by atoms with van der Waals surface area (Å²) in [5, 5.41) is 0. The molecule has 15 heavy (non-hydrogen) atoms. The van der Waals surface area contributed by atoms with Gasteiger partial charge in [-0.1, -0.05) is 13.8 Å². The van der Waals surface area contributed by atoms with E-state index in [1.54, 1.807) is 6.07 Å². The van der Waals surface area contributed by atoms with Crippen LogP contribution in [-0.4, -0.2) is 14.8 Å². The number of phosphoric ester groups is 1. The van der Waals surface area contributed by atoms with Crippen molar-refractivity contribution in [3.8, 4) is 5.75 Å². The van der Waals surface area contributed by atoms with Gasteiger partial charge in [0.1, 0.15) is 5.75 Å². The summed E-state index contributed by atoms with van der Waals surface area (Å²) >= 11 is 0. The Morgan fingerprint density at radius 1 is 1.47 bits per heavy atom. The van der Waals surface area contributed by atoms with Crippen LogP contribution in [-0.2, 0) is 11.0 Å². The maximum Gasteiger partial charge on any atom is 0.524 e. The fourth-order valence-corrected chi connectivity index (χ4v) is 1.52. The molecule has 0 spiro atoms. The Bertz CT molecular complexity index is 357. The summed E-state index contributed by atoms with van der Waals surface area (Å²) < 4.78 is 14.9. The molecule has 0 saturated carbocycles. The molecule has 2 N–H and O–H groups in total. The van der Waals surface area contributed by atoms with Gasteiger partial charge in [-0.2, -0.15) is 0 Å². The van der Waals surface area contributed by atoms with Crippen LogP contribution in [0.1, 0.15) is 19.5 Å². The monoisotopic (exact) mass is 231 g/mol. The van der Waals surface area contributed by atoms with Gasteiger partial charge in [0.05, 0.1) is 6.20 Å². The molecule has 0 unspecified atom stereocenters. The molecule has 0 radical (unpaired) electrons. The molecule has 6 heteroatoms. The average Bonchev–Trinajstić information content (AvgIpc) is 2.05. The Balaban J connectivity index is 2.68. The third kappa shape index (κ3) is 4.93. The first-order valence-corrected chi connectivity index (χ1v) is 6.10. The van der Waals surface area contributed by atoms with Crippen LogP contribution in [0.3, 0.4) is 0 Å². The molecule has 1 aromatic rings. The Labute approximate surface area is 88.4 Å². The molecule has 0 aliphatic carbocycles. The molecule has 1 heterocycles. The number of rotatable bonds is 4. The van der Waals surface area contributed by atoms with Crippen LogP contribution < -0.4 is 4.52 Å². The fraction of sp³-hybridized carbons (Fsp3) is 0.444. The van der Waals surface area contributed by atoms with Crippen molar-refractivity contribution in [3.05, 3.63) is 24.0 Å². The highest BCUT2D eigenvalue weighted by atomic mass is 31.2. The smallest absolute Gasteiger partial charge is 0.403 e. The van der Waals surface area contributed by atoms with Gasteiger partial charge in [0.25, 0.3) is 0 Å². The van der Waals surface area contributed by atoms with E-state index in [0.29, 0.717) is 5.92 Å². The summed E-state index contributed by atoms with van der Waals surface area (Å²) in [5.41, 5.74) is 0.878. The lowest BCUT2D eigenvalue weighted by Gasteiger charge is -2.07. The van der Waals surface area contributed by atoms with E-state index in [1.807, 2.05) is 0 Å². The van der Waals surface area contributed by atoms with Crippen molar-refractivity contribution in [2.75, 3.05) is 0 Å². The van der Waals surface area contributed by atoms with Crippen LogP contribution in [0.2, 0.25) is 0 Å². The number of hydrogen-bond donors (Lipinski definition) is 2. The first kappa shape index (κ1) is 12.2. The largest absolute Gasteiger partial charge is 0.524 e.